The van der Waals surface area contributed by atoms with E-state index in [0.717, 1.165) is 16.9 Å². The number of aromatic nitrogens is 2. The van der Waals surface area contributed by atoms with E-state index in [0.29, 0.717) is 55.3 Å². The smallest absolute Gasteiger partial charge is 0.345 e. The number of aryl methyl sites for hydroxylation is 1. The monoisotopic (exact) mass is 377 g/mol. The van der Waals surface area contributed by atoms with Crippen LogP contribution in [0.4, 0.5) is 10.2 Å². The number of thiophene rings is 1. The van der Waals surface area contributed by atoms with Gasteiger partial charge < -0.3 is 14.7 Å². The molecule has 1 saturated heterocycles. The summed E-state index contributed by atoms with van der Waals surface area (Å²) in [6, 6.07) is 1.77. The molecule has 0 aromatic carbocycles. The summed E-state index contributed by atoms with van der Waals surface area (Å²) in [4.78, 5) is 22.8. The van der Waals surface area contributed by atoms with E-state index >= 15 is 0 Å². The SMILES string of the molecule is CCc1ncnc(N2CCC3(CC2)OCCc2cc(C(=O)O)sc23)c1F. The number of carboxylic acids is 1. The number of anilines is 1. The summed E-state index contributed by atoms with van der Waals surface area (Å²) in [5.41, 5.74) is 1.05. The molecule has 1 spiro atoms. The van der Waals surface area contributed by atoms with Crippen molar-refractivity contribution < 1.29 is 19.0 Å². The van der Waals surface area contributed by atoms with Crippen LogP contribution in [0.5, 0.6) is 0 Å². The van der Waals surface area contributed by atoms with E-state index in [2.05, 4.69) is 9.97 Å². The molecule has 26 heavy (non-hydrogen) atoms. The van der Waals surface area contributed by atoms with Crippen molar-refractivity contribution in [2.24, 2.45) is 0 Å². The lowest BCUT2D eigenvalue weighted by atomic mass is 9.85. The van der Waals surface area contributed by atoms with Crippen molar-refractivity contribution in [1.29, 1.82) is 0 Å². The highest BCUT2D eigenvalue weighted by atomic mass is 32.1. The fourth-order valence-corrected chi connectivity index (χ4v) is 5.09. The molecule has 0 unspecified atom stereocenters. The summed E-state index contributed by atoms with van der Waals surface area (Å²) >= 11 is 1.31. The molecule has 6 nitrogen and oxygen atoms in total. The summed E-state index contributed by atoms with van der Waals surface area (Å²) in [7, 11) is 0. The molecule has 0 saturated carbocycles. The molecule has 0 aliphatic carbocycles. The Morgan fingerprint density at radius 2 is 2.19 bits per heavy atom. The number of halogens is 1. The lowest BCUT2D eigenvalue weighted by molar-refractivity contribution is -0.0736. The Labute approximate surface area is 154 Å². The number of hydrogen-bond acceptors (Lipinski definition) is 6. The van der Waals surface area contributed by atoms with Gasteiger partial charge in [0.05, 0.1) is 12.3 Å². The van der Waals surface area contributed by atoms with Crippen LogP contribution in [-0.2, 0) is 23.2 Å². The van der Waals surface area contributed by atoms with Gasteiger partial charge in [0.25, 0.3) is 0 Å². The van der Waals surface area contributed by atoms with Gasteiger partial charge in [-0.05, 0) is 37.3 Å². The minimum absolute atomic E-state index is 0.347. The first kappa shape index (κ1) is 17.4. The fraction of sp³-hybridized carbons (Fsp3) is 0.500. The minimum atomic E-state index is -0.896. The van der Waals surface area contributed by atoms with E-state index in [9.17, 15) is 14.3 Å². The maximum Gasteiger partial charge on any atom is 0.345 e. The molecular formula is C18H20FN3O3S. The molecule has 138 valence electrons. The van der Waals surface area contributed by atoms with Gasteiger partial charge in [-0.15, -0.1) is 11.3 Å². The highest BCUT2D eigenvalue weighted by Crippen LogP contribution is 2.46. The summed E-state index contributed by atoms with van der Waals surface area (Å²) in [5, 5.41) is 9.30. The molecule has 2 aliphatic rings. The first-order valence-electron chi connectivity index (χ1n) is 8.79. The molecule has 0 bridgehead atoms. The number of nitrogens with zero attached hydrogens (tertiary/aromatic N) is 3. The number of carboxylic acid groups (broad SMARTS) is 1. The molecular weight excluding hydrogens is 357 g/mol. The van der Waals surface area contributed by atoms with Crippen LogP contribution < -0.4 is 4.90 Å². The summed E-state index contributed by atoms with van der Waals surface area (Å²) in [6.07, 6.45) is 4.05. The average molecular weight is 377 g/mol. The van der Waals surface area contributed by atoms with Crippen molar-refractivity contribution in [3.8, 4) is 0 Å². The van der Waals surface area contributed by atoms with Crippen LogP contribution >= 0.6 is 11.3 Å². The molecule has 0 atom stereocenters. The summed E-state index contributed by atoms with van der Waals surface area (Å²) in [5.74, 6) is -0.896. The van der Waals surface area contributed by atoms with Crippen molar-refractivity contribution >= 4 is 23.1 Å². The van der Waals surface area contributed by atoms with Crippen LogP contribution in [0.3, 0.4) is 0 Å². The third-order valence-electron chi connectivity index (χ3n) is 5.23. The van der Waals surface area contributed by atoms with Gasteiger partial charge in [0, 0.05) is 18.0 Å². The van der Waals surface area contributed by atoms with Crippen molar-refractivity contribution in [2.45, 2.75) is 38.2 Å². The van der Waals surface area contributed by atoms with Gasteiger partial charge in [-0.25, -0.2) is 19.2 Å². The molecule has 1 N–H and O–H groups in total. The van der Waals surface area contributed by atoms with Gasteiger partial charge in [0.2, 0.25) is 0 Å². The van der Waals surface area contributed by atoms with Crippen LogP contribution in [0, 0.1) is 5.82 Å². The Morgan fingerprint density at radius 3 is 2.88 bits per heavy atom. The van der Waals surface area contributed by atoms with Crippen LogP contribution in [0.15, 0.2) is 12.4 Å². The second-order valence-corrected chi connectivity index (χ2v) is 7.71. The van der Waals surface area contributed by atoms with E-state index in [1.165, 1.54) is 17.7 Å². The largest absolute Gasteiger partial charge is 0.477 e. The zero-order valence-corrected chi connectivity index (χ0v) is 15.3. The highest BCUT2D eigenvalue weighted by molar-refractivity contribution is 7.14. The minimum Gasteiger partial charge on any atom is -0.477 e. The van der Waals surface area contributed by atoms with Crippen molar-refractivity contribution in [3.63, 3.8) is 0 Å². The third kappa shape index (κ3) is 2.77. The average Bonchev–Trinajstić information content (AvgIpc) is 3.09. The molecule has 2 aliphatic heterocycles. The molecule has 0 radical (unpaired) electrons. The van der Waals surface area contributed by atoms with E-state index in [1.807, 2.05) is 11.8 Å². The number of piperidine rings is 1. The van der Waals surface area contributed by atoms with E-state index in [4.69, 9.17) is 4.74 Å². The lowest BCUT2D eigenvalue weighted by Gasteiger charge is -2.44. The van der Waals surface area contributed by atoms with Crippen molar-refractivity contribution in [1.82, 2.24) is 9.97 Å². The fourth-order valence-electron chi connectivity index (χ4n) is 3.84. The molecule has 2 aromatic rings. The van der Waals surface area contributed by atoms with Gasteiger partial charge in [0.1, 0.15) is 16.8 Å². The molecule has 0 amide bonds. The lowest BCUT2D eigenvalue weighted by Crippen LogP contribution is -2.46. The van der Waals surface area contributed by atoms with Gasteiger partial charge >= 0.3 is 5.97 Å². The maximum atomic E-state index is 14.6. The van der Waals surface area contributed by atoms with Gasteiger partial charge in [-0.1, -0.05) is 6.92 Å². The normalized spacial score (nSPS) is 18.8. The summed E-state index contributed by atoms with van der Waals surface area (Å²) in [6.45, 7) is 3.67. The van der Waals surface area contributed by atoms with E-state index in [1.54, 1.807) is 6.07 Å². The zero-order valence-electron chi connectivity index (χ0n) is 14.5. The molecule has 8 heteroatoms. The van der Waals surface area contributed by atoms with Crippen molar-refractivity contribution in [2.75, 3.05) is 24.6 Å². The Morgan fingerprint density at radius 1 is 1.42 bits per heavy atom. The Balaban J connectivity index is 1.59. The zero-order chi connectivity index (χ0) is 18.3. The van der Waals surface area contributed by atoms with Gasteiger partial charge in [-0.3, -0.25) is 0 Å². The number of fused-ring (bicyclic) bond motifs is 2. The van der Waals surface area contributed by atoms with Gasteiger partial charge in [-0.2, -0.15) is 0 Å². The number of aromatic carboxylic acids is 1. The first-order valence-corrected chi connectivity index (χ1v) is 9.60. The maximum absolute atomic E-state index is 14.6. The number of ether oxygens (including phenoxy) is 1. The Kier molecular flexibility index (Phi) is 4.40. The second kappa shape index (κ2) is 6.59. The highest BCUT2D eigenvalue weighted by Gasteiger charge is 2.43. The van der Waals surface area contributed by atoms with Crippen LogP contribution in [0.1, 0.15) is 45.6 Å². The topological polar surface area (TPSA) is 75.5 Å². The summed E-state index contributed by atoms with van der Waals surface area (Å²) < 4.78 is 20.7. The van der Waals surface area contributed by atoms with Crippen LogP contribution in [-0.4, -0.2) is 40.7 Å². The molecule has 2 aromatic heterocycles. The van der Waals surface area contributed by atoms with Crippen molar-refractivity contribution in [3.05, 3.63) is 39.2 Å². The van der Waals surface area contributed by atoms with Gasteiger partial charge in [0.15, 0.2) is 11.6 Å². The standard InChI is InChI=1S/C18H20FN3O3S/c1-2-12-14(19)16(21-10-20-12)22-6-4-18(5-7-22)15-11(3-8-25-18)9-13(26-15)17(23)24/h9-10H,2-8H2,1H3,(H,23,24). The second-order valence-electron chi connectivity index (χ2n) is 6.66. The quantitative estimate of drug-likeness (QED) is 0.886. The third-order valence-corrected chi connectivity index (χ3v) is 6.58. The Bertz CT molecular complexity index is 846. The first-order chi connectivity index (χ1) is 12.5. The Hall–Kier alpha value is -2.06. The number of hydrogen-bond donors (Lipinski definition) is 1. The molecule has 1 fully saturated rings. The van der Waals surface area contributed by atoms with E-state index in [-0.39, 0.29) is 5.82 Å². The predicted molar refractivity (Wildman–Crippen MR) is 95.4 cm³/mol. The number of carbonyl (C=O) groups is 1. The van der Waals surface area contributed by atoms with E-state index < -0.39 is 11.6 Å². The molecule has 4 heterocycles. The predicted octanol–water partition coefficient (Wildman–Crippen LogP) is 3.01. The molecule has 4 rings (SSSR count). The van der Waals surface area contributed by atoms with Crippen LogP contribution in [0.2, 0.25) is 0 Å². The van der Waals surface area contributed by atoms with Crippen LogP contribution in [0.25, 0.3) is 0 Å². The number of rotatable bonds is 3.